The molecule has 0 aliphatic heterocycles. The number of halogens is 2. The molecule has 7 heteroatoms. The van der Waals surface area contributed by atoms with Gasteiger partial charge in [0.2, 0.25) is 0 Å². The zero-order valence-corrected chi connectivity index (χ0v) is 9.83. The molecule has 1 aromatic carbocycles. The van der Waals surface area contributed by atoms with Gasteiger partial charge in [0.1, 0.15) is 9.50 Å². The van der Waals surface area contributed by atoms with Crippen molar-refractivity contribution in [2.24, 2.45) is 0 Å². The third-order valence-corrected chi connectivity index (χ3v) is 2.76. The van der Waals surface area contributed by atoms with E-state index in [2.05, 4.69) is 20.7 Å². The van der Waals surface area contributed by atoms with Gasteiger partial charge in [0, 0.05) is 0 Å². The van der Waals surface area contributed by atoms with Gasteiger partial charge in [-0.15, -0.1) is 0 Å². The summed E-state index contributed by atoms with van der Waals surface area (Å²) < 4.78 is 4.48. The van der Waals surface area contributed by atoms with E-state index < -0.39 is 10.9 Å². The molecule has 0 aliphatic carbocycles. The minimum Gasteiger partial charge on any atom is -0.465 e. The molecular weight excluding hydrogens is 289 g/mol. The van der Waals surface area contributed by atoms with Crippen molar-refractivity contribution in [3.63, 3.8) is 0 Å². The predicted molar refractivity (Wildman–Crippen MR) is 57.1 cm³/mol. The lowest BCUT2D eigenvalue weighted by Crippen LogP contribution is -2.04. The molecule has 0 amide bonds. The minimum absolute atomic E-state index is 0.0202. The lowest BCUT2D eigenvalue weighted by atomic mass is 10.2. The standard InChI is InChI=1S/C8H5BrClNO4/c1-15-8(12)4-2-3-5(10)7(6(4)9)11(13)14/h2-3H,1H3. The smallest absolute Gasteiger partial charge is 0.339 e. The zero-order chi connectivity index (χ0) is 11.6. The van der Waals surface area contributed by atoms with Crippen molar-refractivity contribution in [3.8, 4) is 0 Å². The topological polar surface area (TPSA) is 69.4 Å². The number of hydrogen-bond donors (Lipinski definition) is 0. The van der Waals surface area contributed by atoms with Crippen molar-refractivity contribution in [1.29, 1.82) is 0 Å². The molecule has 1 rings (SSSR count). The number of nitro groups is 1. The van der Waals surface area contributed by atoms with E-state index in [4.69, 9.17) is 11.6 Å². The van der Waals surface area contributed by atoms with Crippen molar-refractivity contribution in [2.75, 3.05) is 7.11 Å². The Balaban J connectivity index is 3.41. The van der Waals surface area contributed by atoms with Gasteiger partial charge in [0.25, 0.3) is 0 Å². The number of rotatable bonds is 2. The lowest BCUT2D eigenvalue weighted by Gasteiger charge is -2.03. The van der Waals surface area contributed by atoms with Crippen LogP contribution in [0, 0.1) is 10.1 Å². The molecule has 0 aliphatic rings. The Bertz CT molecular complexity index is 435. The molecule has 0 aromatic heterocycles. The monoisotopic (exact) mass is 293 g/mol. The van der Waals surface area contributed by atoms with Crippen LogP contribution in [0.25, 0.3) is 0 Å². The van der Waals surface area contributed by atoms with Crippen LogP contribution in [0.4, 0.5) is 5.69 Å². The highest BCUT2D eigenvalue weighted by molar-refractivity contribution is 9.10. The first-order valence-electron chi connectivity index (χ1n) is 3.69. The predicted octanol–water partition coefficient (Wildman–Crippen LogP) is 2.80. The highest BCUT2D eigenvalue weighted by atomic mass is 79.9. The Morgan fingerprint density at radius 2 is 2.20 bits per heavy atom. The van der Waals surface area contributed by atoms with Gasteiger partial charge in [0.05, 0.1) is 17.6 Å². The summed E-state index contributed by atoms with van der Waals surface area (Å²) in [4.78, 5) is 21.2. The molecule has 0 radical (unpaired) electrons. The number of nitro benzene ring substituents is 1. The van der Waals surface area contributed by atoms with Crippen molar-refractivity contribution in [3.05, 3.63) is 37.3 Å². The third-order valence-electron chi connectivity index (χ3n) is 1.65. The van der Waals surface area contributed by atoms with Gasteiger partial charge < -0.3 is 4.74 Å². The van der Waals surface area contributed by atoms with Crippen molar-refractivity contribution in [2.45, 2.75) is 0 Å². The second kappa shape index (κ2) is 4.59. The molecule has 0 saturated carbocycles. The van der Waals surface area contributed by atoms with E-state index in [9.17, 15) is 14.9 Å². The number of esters is 1. The van der Waals surface area contributed by atoms with Crippen molar-refractivity contribution in [1.82, 2.24) is 0 Å². The number of carbonyl (C=O) groups is 1. The lowest BCUT2D eigenvalue weighted by molar-refractivity contribution is -0.385. The molecule has 0 atom stereocenters. The fourth-order valence-corrected chi connectivity index (χ4v) is 1.97. The normalized spacial score (nSPS) is 9.80. The first-order valence-corrected chi connectivity index (χ1v) is 4.86. The van der Waals surface area contributed by atoms with Crippen LogP contribution >= 0.6 is 27.5 Å². The molecule has 15 heavy (non-hydrogen) atoms. The molecule has 5 nitrogen and oxygen atoms in total. The molecule has 0 unspecified atom stereocenters. The Morgan fingerprint density at radius 1 is 1.60 bits per heavy atom. The summed E-state index contributed by atoms with van der Waals surface area (Å²) in [5.74, 6) is -0.665. The van der Waals surface area contributed by atoms with Crippen LogP contribution in [0.1, 0.15) is 10.4 Å². The summed E-state index contributed by atoms with van der Waals surface area (Å²) in [6.45, 7) is 0. The van der Waals surface area contributed by atoms with Gasteiger partial charge in [-0.05, 0) is 28.1 Å². The largest absolute Gasteiger partial charge is 0.465 e. The van der Waals surface area contributed by atoms with E-state index in [-0.39, 0.29) is 20.7 Å². The number of methoxy groups -OCH3 is 1. The molecule has 0 saturated heterocycles. The van der Waals surface area contributed by atoms with Gasteiger partial charge in [-0.1, -0.05) is 11.6 Å². The average molecular weight is 294 g/mol. The zero-order valence-electron chi connectivity index (χ0n) is 7.49. The molecule has 0 fully saturated rings. The SMILES string of the molecule is COC(=O)c1ccc(Cl)c([N+](=O)[O-])c1Br. The van der Waals surface area contributed by atoms with Gasteiger partial charge in [-0.2, -0.15) is 0 Å². The third kappa shape index (κ3) is 2.27. The Morgan fingerprint density at radius 3 is 2.67 bits per heavy atom. The summed E-state index contributed by atoms with van der Waals surface area (Å²) in [7, 11) is 1.19. The quantitative estimate of drug-likeness (QED) is 0.478. The molecule has 1 aromatic rings. The number of nitrogens with zero attached hydrogens (tertiary/aromatic N) is 1. The Labute approximate surface area is 98.3 Å². The first kappa shape index (κ1) is 11.9. The average Bonchev–Trinajstić information content (AvgIpc) is 2.16. The molecule has 80 valence electrons. The molecule has 0 heterocycles. The van der Waals surface area contributed by atoms with Crippen LogP contribution in [0.5, 0.6) is 0 Å². The fraction of sp³-hybridized carbons (Fsp3) is 0.125. The van der Waals surface area contributed by atoms with Gasteiger partial charge in [-0.3, -0.25) is 10.1 Å². The van der Waals surface area contributed by atoms with Crippen molar-refractivity contribution < 1.29 is 14.5 Å². The van der Waals surface area contributed by atoms with Gasteiger partial charge in [0.15, 0.2) is 0 Å². The summed E-state index contributed by atoms with van der Waals surface area (Å²) in [6.07, 6.45) is 0. The van der Waals surface area contributed by atoms with Crippen LogP contribution in [-0.2, 0) is 4.74 Å². The number of ether oxygens (including phenoxy) is 1. The fourth-order valence-electron chi connectivity index (χ4n) is 0.976. The summed E-state index contributed by atoms with van der Waals surface area (Å²) >= 11 is 8.57. The Kier molecular flexibility index (Phi) is 3.65. The minimum atomic E-state index is -0.668. The molecule has 0 N–H and O–H groups in total. The van der Waals surface area contributed by atoms with E-state index in [1.54, 1.807) is 0 Å². The van der Waals surface area contributed by atoms with Gasteiger partial charge in [-0.25, -0.2) is 4.79 Å². The maximum atomic E-state index is 11.2. The summed E-state index contributed by atoms with van der Waals surface area (Å²) in [5, 5.41) is 10.6. The summed E-state index contributed by atoms with van der Waals surface area (Å²) in [6, 6.07) is 2.63. The summed E-state index contributed by atoms with van der Waals surface area (Å²) in [5.41, 5.74) is -0.284. The molecular formula is C8H5BrClNO4. The number of carbonyl (C=O) groups excluding carboxylic acids is 1. The van der Waals surface area contributed by atoms with E-state index >= 15 is 0 Å². The highest BCUT2D eigenvalue weighted by Gasteiger charge is 2.23. The van der Waals surface area contributed by atoms with Crippen LogP contribution in [0.2, 0.25) is 5.02 Å². The van der Waals surface area contributed by atoms with Crippen LogP contribution in [0.15, 0.2) is 16.6 Å². The van der Waals surface area contributed by atoms with E-state index in [0.717, 1.165) is 0 Å². The highest BCUT2D eigenvalue weighted by Crippen LogP contribution is 2.35. The van der Waals surface area contributed by atoms with E-state index in [1.807, 2.05) is 0 Å². The second-order valence-electron chi connectivity index (χ2n) is 2.51. The van der Waals surface area contributed by atoms with E-state index in [1.165, 1.54) is 19.2 Å². The van der Waals surface area contributed by atoms with Crippen LogP contribution < -0.4 is 0 Å². The number of hydrogen-bond acceptors (Lipinski definition) is 4. The van der Waals surface area contributed by atoms with Crippen LogP contribution in [0.3, 0.4) is 0 Å². The second-order valence-corrected chi connectivity index (χ2v) is 3.71. The Hall–Kier alpha value is -1.14. The van der Waals surface area contributed by atoms with Crippen molar-refractivity contribution >= 4 is 39.2 Å². The van der Waals surface area contributed by atoms with E-state index in [0.29, 0.717) is 0 Å². The molecule has 0 bridgehead atoms. The maximum absolute atomic E-state index is 11.2. The van der Waals surface area contributed by atoms with Gasteiger partial charge >= 0.3 is 11.7 Å². The number of benzene rings is 1. The van der Waals surface area contributed by atoms with Crippen LogP contribution in [-0.4, -0.2) is 18.0 Å². The first-order chi connectivity index (χ1) is 6.99. The maximum Gasteiger partial charge on any atom is 0.339 e. The molecule has 0 spiro atoms.